The summed E-state index contributed by atoms with van der Waals surface area (Å²) in [5, 5.41) is 2.62. The number of hydrogen-bond donors (Lipinski definition) is 0. The molecule has 0 N–H and O–H groups in total. The molecule has 0 spiro atoms. The first kappa shape index (κ1) is 48.5. The molecular weight excluding hydrogens is 930 g/mol. The maximum Gasteiger partial charge on any atom is 0.256 e. The molecule has 0 radical (unpaired) electrons. The lowest BCUT2D eigenvalue weighted by molar-refractivity contribution is -0.132. The number of fused-ring (bicyclic) bond motifs is 2. The van der Waals surface area contributed by atoms with Crippen molar-refractivity contribution in [3.05, 3.63) is 141 Å². The minimum absolute atomic E-state index is 0.0405. The number of piperidine rings is 2. The van der Waals surface area contributed by atoms with E-state index in [0.717, 1.165) is 48.0 Å². The number of ketones is 1. The maximum absolute atomic E-state index is 15.9. The normalized spacial score (nSPS) is 19.6. The van der Waals surface area contributed by atoms with Gasteiger partial charge in [0.1, 0.15) is 11.6 Å². The first-order chi connectivity index (χ1) is 33.9. The second kappa shape index (κ2) is 20.9. The molecular formula is C55H62Cl2F2N8O3. The van der Waals surface area contributed by atoms with Crippen molar-refractivity contribution in [3.8, 4) is 0 Å². The number of halogens is 4. The fourth-order valence-corrected chi connectivity index (χ4v) is 11.9. The third-order valence-electron chi connectivity index (χ3n) is 15.8. The van der Waals surface area contributed by atoms with Crippen molar-refractivity contribution in [2.24, 2.45) is 0 Å². The van der Waals surface area contributed by atoms with Crippen LogP contribution in [0.2, 0.25) is 10.0 Å². The molecule has 0 bridgehead atoms. The minimum atomic E-state index is -0.560. The summed E-state index contributed by atoms with van der Waals surface area (Å²) >= 11 is 13.4. The molecule has 4 fully saturated rings. The molecule has 6 heterocycles. The van der Waals surface area contributed by atoms with Gasteiger partial charge in [0.2, 0.25) is 0 Å². The van der Waals surface area contributed by atoms with Crippen LogP contribution in [-0.2, 0) is 17.9 Å². The van der Waals surface area contributed by atoms with E-state index in [-0.39, 0.29) is 41.1 Å². The van der Waals surface area contributed by atoms with Crippen LogP contribution in [0.25, 0.3) is 21.8 Å². The average molecular weight is 992 g/mol. The number of likely N-dealkylation sites (N-methyl/N-ethyl adjacent to an activating group) is 2. The second-order valence-corrected chi connectivity index (χ2v) is 20.9. The Morgan fingerprint density at radius 3 is 1.27 bits per heavy atom. The molecule has 2 amide bonds. The number of hydrogen-bond acceptors (Lipinski definition) is 7. The van der Waals surface area contributed by atoms with E-state index < -0.39 is 12.1 Å². The fourth-order valence-electron chi connectivity index (χ4n) is 11.5. The van der Waals surface area contributed by atoms with Gasteiger partial charge in [0, 0.05) is 125 Å². The van der Waals surface area contributed by atoms with Crippen LogP contribution in [0.5, 0.6) is 0 Å². The molecule has 4 aliphatic rings. The Morgan fingerprint density at radius 2 is 0.900 bits per heavy atom. The van der Waals surface area contributed by atoms with Gasteiger partial charge < -0.3 is 28.7 Å². The summed E-state index contributed by atoms with van der Waals surface area (Å²) in [6.07, 6.45) is 6.48. The monoisotopic (exact) mass is 990 g/mol. The molecule has 2 atom stereocenters. The van der Waals surface area contributed by atoms with E-state index in [4.69, 9.17) is 23.2 Å². The Bertz CT molecular complexity index is 2680. The highest BCUT2D eigenvalue weighted by molar-refractivity contribution is 6.32. The number of Topliss-reactive ketones (excluding diaryl/α,β-unsaturated/α-hetero) is 1. The zero-order valence-corrected chi connectivity index (χ0v) is 41.6. The number of piperazine rings is 2. The summed E-state index contributed by atoms with van der Waals surface area (Å²) in [7, 11) is 4.21. The number of likely N-dealkylation sites (tertiary alicyclic amines) is 2. The first-order valence-corrected chi connectivity index (χ1v) is 25.7. The molecule has 0 aliphatic carbocycles. The van der Waals surface area contributed by atoms with Crippen molar-refractivity contribution >= 4 is 62.6 Å². The summed E-state index contributed by atoms with van der Waals surface area (Å²) in [6.45, 7) is 8.62. The van der Waals surface area contributed by atoms with Gasteiger partial charge in [-0.25, -0.2) is 8.78 Å². The third-order valence-corrected chi connectivity index (χ3v) is 16.2. The molecule has 6 aromatic rings. The topological polar surface area (TPSA) is 80.5 Å². The van der Waals surface area contributed by atoms with Gasteiger partial charge in [-0.15, -0.1) is 0 Å². The van der Waals surface area contributed by atoms with Gasteiger partial charge in [-0.3, -0.25) is 24.2 Å². The van der Waals surface area contributed by atoms with Gasteiger partial charge >= 0.3 is 0 Å². The zero-order chi connectivity index (χ0) is 48.6. The number of amides is 2. The molecule has 4 aromatic carbocycles. The van der Waals surface area contributed by atoms with E-state index in [9.17, 15) is 18.4 Å². The van der Waals surface area contributed by atoms with Gasteiger partial charge in [0.25, 0.3) is 11.8 Å². The van der Waals surface area contributed by atoms with Crippen molar-refractivity contribution in [2.75, 3.05) is 92.6 Å². The first-order valence-electron chi connectivity index (χ1n) is 24.9. The van der Waals surface area contributed by atoms with Crippen LogP contribution in [-0.4, -0.2) is 161 Å². The standard InChI is InChI=1S/C55H62Cl2F2N8O3/c1-60-23-27-62(28-24-60)51(35-66-33-45(43-13-11-39(56)31-49(43)66)54(69)64-19-15-37(16-20-64)41-7-3-5-9-47(41)58)53(68)52(63-29-25-61(2)26-30-63)36-67-34-46(44-14-12-40(57)32-50(44)67)55(70)65-21-17-38(18-22-65)42-8-4-6-10-48(42)59/h3-14,31-34,37-38,51-52H,15-30,35-36H2,1-2H3. The van der Waals surface area contributed by atoms with Crippen LogP contribution in [0, 0.1) is 11.6 Å². The SMILES string of the molecule is CN1CCN(C(Cn2cc(C(=O)N3CCC(c4ccccc4F)CC3)c3ccc(Cl)cc32)C(=O)C(Cn2cc(C(=O)N3CCC(c4ccccc4F)CC3)c3ccc(Cl)cc32)N2CCN(C)CC2)CC1. The molecule has 4 saturated heterocycles. The summed E-state index contributed by atoms with van der Waals surface area (Å²) in [5.41, 5.74) is 4.08. The van der Waals surface area contributed by atoms with E-state index in [1.165, 1.54) is 12.1 Å². The largest absolute Gasteiger partial charge is 0.345 e. The van der Waals surface area contributed by atoms with Gasteiger partial charge in [-0.2, -0.15) is 0 Å². The van der Waals surface area contributed by atoms with Crippen molar-refractivity contribution in [2.45, 2.75) is 62.7 Å². The molecule has 10 rings (SSSR count). The molecule has 0 saturated carbocycles. The molecule has 70 heavy (non-hydrogen) atoms. The minimum Gasteiger partial charge on any atom is -0.345 e. The Kier molecular flexibility index (Phi) is 14.5. The predicted octanol–water partition coefficient (Wildman–Crippen LogP) is 8.72. The van der Waals surface area contributed by atoms with E-state index in [2.05, 4.69) is 42.8 Å². The van der Waals surface area contributed by atoms with Crippen molar-refractivity contribution in [1.82, 2.24) is 38.5 Å². The van der Waals surface area contributed by atoms with E-state index in [1.807, 2.05) is 82.9 Å². The lowest BCUT2D eigenvalue weighted by Crippen LogP contribution is -2.60. The average Bonchev–Trinajstić information content (AvgIpc) is 3.92. The highest BCUT2D eigenvalue weighted by Gasteiger charge is 2.39. The third kappa shape index (κ3) is 10.0. The van der Waals surface area contributed by atoms with Gasteiger partial charge in [0.15, 0.2) is 5.78 Å². The number of benzene rings is 4. The van der Waals surface area contributed by atoms with Crippen LogP contribution in [0.15, 0.2) is 97.3 Å². The Morgan fingerprint density at radius 1 is 0.529 bits per heavy atom. The molecule has 2 unspecified atom stereocenters. The van der Waals surface area contributed by atoms with Gasteiger partial charge in [-0.1, -0.05) is 71.7 Å². The van der Waals surface area contributed by atoms with E-state index >= 15 is 4.79 Å². The smallest absolute Gasteiger partial charge is 0.256 e. The maximum atomic E-state index is 15.9. The van der Waals surface area contributed by atoms with Crippen LogP contribution in [0.4, 0.5) is 8.78 Å². The van der Waals surface area contributed by atoms with Crippen molar-refractivity contribution in [1.29, 1.82) is 0 Å². The molecule has 11 nitrogen and oxygen atoms in total. The molecule has 368 valence electrons. The highest BCUT2D eigenvalue weighted by atomic mass is 35.5. The number of carbonyl (C=O) groups excluding carboxylic acids is 3. The van der Waals surface area contributed by atoms with E-state index in [1.54, 1.807) is 12.1 Å². The van der Waals surface area contributed by atoms with Crippen LogP contribution >= 0.6 is 23.2 Å². The van der Waals surface area contributed by atoms with E-state index in [0.29, 0.717) is 123 Å². The van der Waals surface area contributed by atoms with Crippen molar-refractivity contribution in [3.63, 3.8) is 0 Å². The van der Waals surface area contributed by atoms with Crippen molar-refractivity contribution < 1.29 is 23.2 Å². The van der Waals surface area contributed by atoms with Gasteiger partial charge in [-0.05, 0) is 99.1 Å². The molecule has 4 aliphatic heterocycles. The number of nitrogens with zero attached hydrogens (tertiary/aromatic N) is 8. The highest BCUT2D eigenvalue weighted by Crippen LogP contribution is 2.35. The predicted molar refractivity (Wildman–Crippen MR) is 273 cm³/mol. The second-order valence-electron chi connectivity index (χ2n) is 20.0. The molecule has 15 heteroatoms. The van der Waals surface area contributed by atoms with Gasteiger partial charge in [0.05, 0.1) is 34.2 Å². The lowest BCUT2D eigenvalue weighted by Gasteiger charge is -2.42. The Balaban J connectivity index is 0.959. The summed E-state index contributed by atoms with van der Waals surface area (Å²) in [4.78, 5) is 58.0. The summed E-state index contributed by atoms with van der Waals surface area (Å²) in [6, 6.07) is 23.9. The quantitative estimate of drug-likeness (QED) is 0.122. The Hall–Kier alpha value is -5.15. The number of carbonyl (C=O) groups is 3. The zero-order valence-electron chi connectivity index (χ0n) is 40.1. The Labute approximate surface area is 419 Å². The summed E-state index contributed by atoms with van der Waals surface area (Å²) in [5.74, 6) is -0.431. The molecule has 2 aromatic heterocycles. The van der Waals surface area contributed by atoms with Crippen LogP contribution in [0.3, 0.4) is 0 Å². The fraction of sp³-hybridized carbons (Fsp3) is 0.436. The van der Waals surface area contributed by atoms with Crippen LogP contribution in [0.1, 0.15) is 69.4 Å². The number of aromatic nitrogens is 2. The summed E-state index contributed by atoms with van der Waals surface area (Å²) < 4.78 is 33.7. The van der Waals surface area contributed by atoms with Crippen LogP contribution < -0.4 is 0 Å². The lowest BCUT2D eigenvalue weighted by atomic mass is 9.89. The number of rotatable bonds is 12.